The Hall–Kier alpha value is -3.00. The molecule has 3 aromatic rings. The molecule has 0 aliphatic rings. The van der Waals surface area contributed by atoms with Crippen LogP contribution in [0.5, 0.6) is 5.75 Å². The van der Waals surface area contributed by atoms with Crippen LogP contribution in [0.3, 0.4) is 0 Å². The van der Waals surface area contributed by atoms with E-state index in [1.54, 1.807) is 7.11 Å². The second kappa shape index (κ2) is 9.27. The van der Waals surface area contributed by atoms with E-state index in [9.17, 15) is 4.79 Å². The van der Waals surface area contributed by atoms with Gasteiger partial charge in [-0.3, -0.25) is 4.79 Å². The predicted molar refractivity (Wildman–Crippen MR) is 110 cm³/mol. The number of hydrogen-bond acceptors (Lipinski definition) is 7. The minimum atomic E-state index is -0.127. The average Bonchev–Trinajstić information content (AvgIpc) is 3.15. The van der Waals surface area contributed by atoms with E-state index in [2.05, 4.69) is 15.5 Å². The molecule has 0 unspecified atom stereocenters. The van der Waals surface area contributed by atoms with Gasteiger partial charge >= 0.3 is 0 Å². The molecule has 0 radical (unpaired) electrons. The molecular weight excluding hydrogens is 376 g/mol. The van der Waals surface area contributed by atoms with Gasteiger partial charge in [0.25, 0.3) is 5.22 Å². The number of methoxy groups -OCH3 is 1. The third-order valence-corrected chi connectivity index (χ3v) is 4.78. The number of aromatic nitrogens is 2. The van der Waals surface area contributed by atoms with Crippen molar-refractivity contribution in [3.63, 3.8) is 0 Å². The molecule has 0 bridgehead atoms. The third-order valence-electron chi connectivity index (χ3n) is 3.96. The van der Waals surface area contributed by atoms with Crippen molar-refractivity contribution in [2.24, 2.45) is 0 Å². The molecule has 146 valence electrons. The molecule has 0 aliphatic carbocycles. The molecule has 7 nitrogen and oxygen atoms in total. The van der Waals surface area contributed by atoms with E-state index < -0.39 is 0 Å². The van der Waals surface area contributed by atoms with Gasteiger partial charge in [-0.15, -0.1) is 10.2 Å². The van der Waals surface area contributed by atoms with Gasteiger partial charge in [0.1, 0.15) is 5.75 Å². The third kappa shape index (κ3) is 5.50. The first kappa shape index (κ1) is 19.8. The monoisotopic (exact) mass is 398 g/mol. The summed E-state index contributed by atoms with van der Waals surface area (Å²) in [6, 6.07) is 15.3. The lowest BCUT2D eigenvalue weighted by molar-refractivity contribution is -0.113. The van der Waals surface area contributed by atoms with Gasteiger partial charge in [0, 0.05) is 25.5 Å². The Bertz CT molecular complexity index is 908. The Balaban J connectivity index is 1.48. The number of ether oxygens (including phenoxy) is 1. The number of carbonyl (C=O) groups is 1. The van der Waals surface area contributed by atoms with Crippen LogP contribution in [-0.4, -0.2) is 43.1 Å². The van der Waals surface area contributed by atoms with Crippen molar-refractivity contribution >= 4 is 29.0 Å². The van der Waals surface area contributed by atoms with Crippen molar-refractivity contribution in [2.45, 2.75) is 11.6 Å². The summed E-state index contributed by atoms with van der Waals surface area (Å²) in [7, 11) is 5.57. The van der Waals surface area contributed by atoms with Crippen LogP contribution >= 0.6 is 11.8 Å². The van der Waals surface area contributed by atoms with Gasteiger partial charge in [-0.1, -0.05) is 23.9 Å². The molecule has 0 saturated heterocycles. The van der Waals surface area contributed by atoms with Crippen molar-refractivity contribution in [3.8, 4) is 5.75 Å². The lowest BCUT2D eigenvalue weighted by Crippen LogP contribution is -2.14. The Morgan fingerprint density at radius 1 is 1.11 bits per heavy atom. The van der Waals surface area contributed by atoms with E-state index in [0.29, 0.717) is 17.5 Å². The molecule has 0 atom stereocenters. The summed E-state index contributed by atoms with van der Waals surface area (Å²) in [6.07, 6.45) is 0.530. The second-order valence-electron chi connectivity index (χ2n) is 6.26. The molecule has 1 N–H and O–H groups in total. The first-order valence-electron chi connectivity index (χ1n) is 8.69. The topological polar surface area (TPSA) is 80.5 Å². The zero-order chi connectivity index (χ0) is 19.9. The first-order chi connectivity index (χ1) is 13.5. The van der Waals surface area contributed by atoms with Crippen molar-refractivity contribution in [1.82, 2.24) is 10.2 Å². The van der Waals surface area contributed by atoms with Gasteiger partial charge in [-0.05, 0) is 42.0 Å². The van der Waals surface area contributed by atoms with Gasteiger partial charge in [0.2, 0.25) is 11.8 Å². The molecule has 28 heavy (non-hydrogen) atoms. The Kier molecular flexibility index (Phi) is 6.54. The largest absolute Gasteiger partial charge is 0.497 e. The maximum Gasteiger partial charge on any atom is 0.277 e. The van der Waals surface area contributed by atoms with E-state index in [1.165, 1.54) is 11.8 Å². The van der Waals surface area contributed by atoms with Crippen molar-refractivity contribution in [1.29, 1.82) is 0 Å². The molecule has 0 fully saturated rings. The fourth-order valence-electron chi connectivity index (χ4n) is 2.45. The van der Waals surface area contributed by atoms with Gasteiger partial charge in [0.15, 0.2) is 0 Å². The zero-order valence-electron chi connectivity index (χ0n) is 16.0. The van der Waals surface area contributed by atoms with Gasteiger partial charge < -0.3 is 19.4 Å². The number of hydrogen-bond donors (Lipinski definition) is 1. The maximum atomic E-state index is 12.1. The SMILES string of the molecule is COc1ccc(Cc2nnc(SCC(=O)Nc3ccc(N(C)C)cc3)o2)cc1. The number of rotatable bonds is 8. The van der Waals surface area contributed by atoms with Crippen LogP contribution in [0.15, 0.2) is 58.2 Å². The zero-order valence-corrected chi connectivity index (χ0v) is 16.8. The highest BCUT2D eigenvalue weighted by atomic mass is 32.2. The molecule has 0 aliphatic heterocycles. The van der Waals surface area contributed by atoms with E-state index in [-0.39, 0.29) is 11.7 Å². The standard InChI is InChI=1S/C20H22N4O3S/c1-24(2)16-8-6-15(7-9-16)21-18(25)13-28-20-23-22-19(27-20)12-14-4-10-17(26-3)11-5-14/h4-11H,12-13H2,1-3H3,(H,21,25). The number of nitrogens with one attached hydrogen (secondary N) is 1. The molecule has 0 spiro atoms. The van der Waals surface area contributed by atoms with Crippen LogP contribution in [0.25, 0.3) is 0 Å². The summed E-state index contributed by atoms with van der Waals surface area (Å²) in [6.45, 7) is 0. The normalized spacial score (nSPS) is 10.5. The van der Waals surface area contributed by atoms with E-state index >= 15 is 0 Å². The fourth-order valence-corrected chi connectivity index (χ4v) is 3.03. The quantitative estimate of drug-likeness (QED) is 0.582. The van der Waals surface area contributed by atoms with Crippen molar-refractivity contribution in [2.75, 3.05) is 37.2 Å². The molecule has 8 heteroatoms. The summed E-state index contributed by atoms with van der Waals surface area (Å²) >= 11 is 1.21. The molecule has 1 heterocycles. The number of carbonyl (C=O) groups excluding carboxylic acids is 1. The summed E-state index contributed by atoms with van der Waals surface area (Å²) in [4.78, 5) is 14.1. The smallest absolute Gasteiger partial charge is 0.277 e. The molecular formula is C20H22N4O3S. The molecule has 2 aromatic carbocycles. The maximum absolute atomic E-state index is 12.1. The van der Waals surface area contributed by atoms with Crippen LogP contribution < -0.4 is 15.0 Å². The van der Waals surface area contributed by atoms with E-state index in [4.69, 9.17) is 9.15 Å². The van der Waals surface area contributed by atoms with Crippen molar-refractivity contribution < 1.29 is 13.9 Å². The fraction of sp³-hybridized carbons (Fsp3) is 0.250. The number of benzene rings is 2. The number of thioether (sulfide) groups is 1. The molecule has 0 saturated carbocycles. The van der Waals surface area contributed by atoms with Gasteiger partial charge in [-0.2, -0.15) is 0 Å². The van der Waals surface area contributed by atoms with Crippen molar-refractivity contribution in [3.05, 3.63) is 60.0 Å². The minimum absolute atomic E-state index is 0.127. The Morgan fingerprint density at radius 2 is 1.82 bits per heavy atom. The summed E-state index contributed by atoms with van der Waals surface area (Å²) < 4.78 is 10.8. The number of amides is 1. The average molecular weight is 398 g/mol. The van der Waals surface area contributed by atoms with Gasteiger partial charge in [0.05, 0.1) is 19.3 Å². The van der Waals surface area contributed by atoms with Crippen LogP contribution in [0.1, 0.15) is 11.5 Å². The van der Waals surface area contributed by atoms with E-state index in [0.717, 1.165) is 22.7 Å². The number of anilines is 2. The van der Waals surface area contributed by atoms with Crippen LogP contribution in [0, 0.1) is 0 Å². The highest BCUT2D eigenvalue weighted by molar-refractivity contribution is 7.99. The lowest BCUT2D eigenvalue weighted by atomic mass is 10.1. The highest BCUT2D eigenvalue weighted by Crippen LogP contribution is 2.20. The molecule has 3 rings (SSSR count). The Labute approximate surface area is 168 Å². The predicted octanol–water partition coefficient (Wildman–Crippen LogP) is 3.47. The summed E-state index contributed by atoms with van der Waals surface area (Å²) in [5, 5.41) is 11.3. The Morgan fingerprint density at radius 3 is 2.46 bits per heavy atom. The summed E-state index contributed by atoms with van der Waals surface area (Å²) in [5.74, 6) is 1.37. The van der Waals surface area contributed by atoms with Crippen LogP contribution in [-0.2, 0) is 11.2 Å². The molecule has 1 aromatic heterocycles. The summed E-state index contributed by atoms with van der Waals surface area (Å²) in [5.41, 5.74) is 2.87. The number of nitrogens with zero attached hydrogens (tertiary/aromatic N) is 3. The van der Waals surface area contributed by atoms with E-state index in [1.807, 2.05) is 67.5 Å². The minimum Gasteiger partial charge on any atom is -0.497 e. The first-order valence-corrected chi connectivity index (χ1v) is 9.67. The lowest BCUT2D eigenvalue weighted by Gasteiger charge is -2.12. The highest BCUT2D eigenvalue weighted by Gasteiger charge is 2.11. The van der Waals surface area contributed by atoms with Gasteiger partial charge in [-0.25, -0.2) is 0 Å². The second-order valence-corrected chi connectivity index (χ2v) is 7.19. The van der Waals surface area contributed by atoms with Crippen LogP contribution in [0.2, 0.25) is 0 Å². The van der Waals surface area contributed by atoms with Crippen LogP contribution in [0.4, 0.5) is 11.4 Å². The molecule has 1 amide bonds.